The molecule has 72 valence electrons. The topological polar surface area (TPSA) is 17.1 Å². The Balaban J connectivity index is 2.19. The molecule has 0 heterocycles. The normalized spacial score (nSPS) is 39.7. The van der Waals surface area contributed by atoms with Gasteiger partial charge in [-0.3, -0.25) is 4.79 Å². The zero-order chi connectivity index (χ0) is 9.42. The van der Waals surface area contributed by atoms with Crippen molar-refractivity contribution in [3.8, 4) is 0 Å². The SMILES string of the molecule is CC1=CCC2C(=O)CCC(C)C2C1. The van der Waals surface area contributed by atoms with Gasteiger partial charge in [-0.2, -0.15) is 0 Å². The van der Waals surface area contributed by atoms with Gasteiger partial charge in [-0.15, -0.1) is 0 Å². The van der Waals surface area contributed by atoms with E-state index in [2.05, 4.69) is 19.9 Å². The zero-order valence-electron chi connectivity index (χ0n) is 8.55. The maximum absolute atomic E-state index is 11.7. The van der Waals surface area contributed by atoms with Crippen LogP contribution in [0.3, 0.4) is 0 Å². The first-order chi connectivity index (χ1) is 6.18. The lowest BCUT2D eigenvalue weighted by Gasteiger charge is -2.38. The van der Waals surface area contributed by atoms with Gasteiger partial charge in [0.15, 0.2) is 0 Å². The van der Waals surface area contributed by atoms with Crippen molar-refractivity contribution < 1.29 is 4.79 Å². The molecular weight excluding hydrogens is 160 g/mol. The van der Waals surface area contributed by atoms with Gasteiger partial charge in [0.2, 0.25) is 0 Å². The second-order valence-electron chi connectivity index (χ2n) is 4.74. The van der Waals surface area contributed by atoms with Crippen LogP contribution in [0.4, 0.5) is 0 Å². The Labute approximate surface area is 80.2 Å². The first-order valence-corrected chi connectivity index (χ1v) is 5.37. The second-order valence-corrected chi connectivity index (χ2v) is 4.74. The third kappa shape index (κ3) is 1.56. The molecular formula is C12H18O. The van der Waals surface area contributed by atoms with Crippen molar-refractivity contribution in [1.29, 1.82) is 0 Å². The Morgan fingerprint density at radius 1 is 1.46 bits per heavy atom. The van der Waals surface area contributed by atoms with Crippen molar-refractivity contribution in [3.63, 3.8) is 0 Å². The molecule has 0 saturated heterocycles. The van der Waals surface area contributed by atoms with E-state index < -0.39 is 0 Å². The Hall–Kier alpha value is -0.590. The van der Waals surface area contributed by atoms with Gasteiger partial charge < -0.3 is 0 Å². The highest BCUT2D eigenvalue weighted by Gasteiger charge is 2.37. The van der Waals surface area contributed by atoms with E-state index in [0.29, 0.717) is 17.6 Å². The third-order valence-electron chi connectivity index (χ3n) is 3.79. The molecule has 2 aliphatic carbocycles. The van der Waals surface area contributed by atoms with Gasteiger partial charge in [0.1, 0.15) is 5.78 Å². The van der Waals surface area contributed by atoms with E-state index in [0.717, 1.165) is 31.6 Å². The summed E-state index contributed by atoms with van der Waals surface area (Å²) in [5.41, 5.74) is 1.49. The number of fused-ring (bicyclic) bond motifs is 1. The minimum atomic E-state index is 0.368. The summed E-state index contributed by atoms with van der Waals surface area (Å²) in [6.07, 6.45) is 6.39. The van der Waals surface area contributed by atoms with Crippen LogP contribution >= 0.6 is 0 Å². The van der Waals surface area contributed by atoms with Crippen LogP contribution in [0.5, 0.6) is 0 Å². The van der Waals surface area contributed by atoms with E-state index in [1.54, 1.807) is 0 Å². The van der Waals surface area contributed by atoms with Crippen LogP contribution < -0.4 is 0 Å². The lowest BCUT2D eigenvalue weighted by atomic mass is 9.66. The number of Topliss-reactive ketones (excluding diaryl/α,β-unsaturated/α-hetero) is 1. The molecule has 0 aromatic rings. The van der Waals surface area contributed by atoms with Crippen LogP contribution in [0.2, 0.25) is 0 Å². The van der Waals surface area contributed by atoms with Gasteiger partial charge in [0.05, 0.1) is 0 Å². The maximum Gasteiger partial charge on any atom is 0.136 e. The summed E-state index contributed by atoms with van der Waals surface area (Å²) in [6, 6.07) is 0. The van der Waals surface area contributed by atoms with Crippen LogP contribution in [0.15, 0.2) is 11.6 Å². The van der Waals surface area contributed by atoms with Gasteiger partial charge in [-0.1, -0.05) is 18.6 Å². The Bertz CT molecular complexity index is 252. The molecule has 1 heteroatoms. The summed E-state index contributed by atoms with van der Waals surface area (Å²) in [5, 5.41) is 0. The average molecular weight is 178 g/mol. The number of hydrogen-bond donors (Lipinski definition) is 0. The largest absolute Gasteiger partial charge is 0.299 e. The summed E-state index contributed by atoms with van der Waals surface area (Å²) >= 11 is 0. The van der Waals surface area contributed by atoms with Gasteiger partial charge >= 0.3 is 0 Å². The van der Waals surface area contributed by atoms with Gasteiger partial charge in [0.25, 0.3) is 0 Å². The fourth-order valence-corrected chi connectivity index (χ4v) is 2.84. The molecule has 1 saturated carbocycles. The Kier molecular flexibility index (Phi) is 2.27. The summed E-state index contributed by atoms with van der Waals surface area (Å²) < 4.78 is 0. The maximum atomic E-state index is 11.7. The molecule has 2 aliphatic rings. The molecule has 0 amide bonds. The summed E-state index contributed by atoms with van der Waals surface area (Å²) in [5.74, 6) is 2.30. The summed E-state index contributed by atoms with van der Waals surface area (Å²) in [7, 11) is 0. The molecule has 2 rings (SSSR count). The van der Waals surface area contributed by atoms with E-state index in [1.165, 1.54) is 5.57 Å². The van der Waals surface area contributed by atoms with Crippen molar-refractivity contribution in [2.75, 3.05) is 0 Å². The predicted octanol–water partition coefficient (Wildman–Crippen LogP) is 2.96. The molecule has 0 N–H and O–H groups in total. The fraction of sp³-hybridized carbons (Fsp3) is 0.750. The number of hydrogen-bond acceptors (Lipinski definition) is 1. The number of rotatable bonds is 0. The highest BCUT2D eigenvalue weighted by molar-refractivity contribution is 5.82. The predicted molar refractivity (Wildman–Crippen MR) is 53.4 cm³/mol. The van der Waals surface area contributed by atoms with E-state index in [-0.39, 0.29) is 0 Å². The Morgan fingerprint density at radius 2 is 2.23 bits per heavy atom. The molecule has 3 unspecified atom stereocenters. The number of ketones is 1. The molecule has 13 heavy (non-hydrogen) atoms. The molecule has 3 atom stereocenters. The van der Waals surface area contributed by atoms with Gasteiger partial charge in [-0.05, 0) is 38.0 Å². The molecule has 0 aromatic carbocycles. The zero-order valence-corrected chi connectivity index (χ0v) is 8.55. The van der Waals surface area contributed by atoms with Crippen LogP contribution in [-0.4, -0.2) is 5.78 Å². The number of allylic oxidation sites excluding steroid dienone is 2. The van der Waals surface area contributed by atoms with Crippen LogP contribution in [-0.2, 0) is 4.79 Å². The van der Waals surface area contributed by atoms with E-state index in [4.69, 9.17) is 0 Å². The molecule has 1 nitrogen and oxygen atoms in total. The molecule has 1 fully saturated rings. The van der Waals surface area contributed by atoms with E-state index in [9.17, 15) is 4.79 Å². The second kappa shape index (κ2) is 3.28. The van der Waals surface area contributed by atoms with Gasteiger partial charge in [-0.25, -0.2) is 0 Å². The third-order valence-corrected chi connectivity index (χ3v) is 3.79. The highest BCUT2D eigenvalue weighted by atomic mass is 16.1. The monoisotopic (exact) mass is 178 g/mol. The molecule has 0 aromatic heterocycles. The standard InChI is InChI=1S/C12H18O/c1-8-3-5-10-11(7-8)9(2)4-6-12(10)13/h3,9-11H,4-7H2,1-2H3. The number of carbonyl (C=O) groups is 1. The van der Waals surface area contributed by atoms with Crippen LogP contribution in [0, 0.1) is 17.8 Å². The first-order valence-electron chi connectivity index (χ1n) is 5.37. The highest BCUT2D eigenvalue weighted by Crippen LogP contribution is 2.41. The first kappa shape index (κ1) is 8.98. The van der Waals surface area contributed by atoms with Crippen molar-refractivity contribution in [2.24, 2.45) is 17.8 Å². The van der Waals surface area contributed by atoms with Crippen molar-refractivity contribution in [3.05, 3.63) is 11.6 Å². The quantitative estimate of drug-likeness (QED) is 0.521. The summed E-state index contributed by atoms with van der Waals surface area (Å²) in [4.78, 5) is 11.7. The smallest absolute Gasteiger partial charge is 0.136 e. The molecule has 0 radical (unpaired) electrons. The van der Waals surface area contributed by atoms with E-state index in [1.807, 2.05) is 0 Å². The van der Waals surface area contributed by atoms with Crippen LogP contribution in [0.1, 0.15) is 39.5 Å². The number of carbonyl (C=O) groups excluding carboxylic acids is 1. The minimum absolute atomic E-state index is 0.368. The minimum Gasteiger partial charge on any atom is -0.299 e. The van der Waals surface area contributed by atoms with Crippen molar-refractivity contribution in [2.45, 2.75) is 39.5 Å². The van der Waals surface area contributed by atoms with Crippen LogP contribution in [0.25, 0.3) is 0 Å². The van der Waals surface area contributed by atoms with E-state index >= 15 is 0 Å². The van der Waals surface area contributed by atoms with Gasteiger partial charge in [0, 0.05) is 12.3 Å². The molecule has 0 aliphatic heterocycles. The van der Waals surface area contributed by atoms with Crippen molar-refractivity contribution >= 4 is 5.78 Å². The lowest BCUT2D eigenvalue weighted by molar-refractivity contribution is -0.128. The Morgan fingerprint density at radius 3 is 3.00 bits per heavy atom. The average Bonchev–Trinajstić information content (AvgIpc) is 2.12. The van der Waals surface area contributed by atoms with Crippen molar-refractivity contribution in [1.82, 2.24) is 0 Å². The molecule has 0 bridgehead atoms. The lowest BCUT2D eigenvalue weighted by Crippen LogP contribution is -2.35. The summed E-state index contributed by atoms with van der Waals surface area (Å²) in [6.45, 7) is 4.50. The molecule has 0 spiro atoms. The fourth-order valence-electron chi connectivity index (χ4n) is 2.84.